The van der Waals surface area contributed by atoms with Crippen LogP contribution in [0.5, 0.6) is 0 Å². The van der Waals surface area contributed by atoms with Crippen LogP contribution >= 0.6 is 0 Å². The van der Waals surface area contributed by atoms with E-state index in [0.717, 1.165) is 24.7 Å². The molecule has 2 N–H and O–H groups in total. The van der Waals surface area contributed by atoms with E-state index in [9.17, 15) is 5.11 Å². The zero-order valence-electron chi connectivity index (χ0n) is 10.6. The first-order valence-electron chi connectivity index (χ1n) is 6.43. The first-order valence-corrected chi connectivity index (χ1v) is 6.43. The van der Waals surface area contributed by atoms with Gasteiger partial charge in [0, 0.05) is 12.7 Å². The van der Waals surface area contributed by atoms with Crippen LogP contribution in [0, 0.1) is 11.8 Å². The summed E-state index contributed by atoms with van der Waals surface area (Å²) in [6.45, 7) is 6.38. The average Bonchev–Trinajstić information content (AvgIpc) is 2.99. The van der Waals surface area contributed by atoms with Gasteiger partial charge < -0.3 is 10.4 Å². The van der Waals surface area contributed by atoms with Crippen LogP contribution in [0.3, 0.4) is 0 Å². The smallest absolute Gasteiger partial charge is 0.0964 e. The first-order chi connectivity index (χ1) is 8.15. The number of hydrogen-bond donors (Lipinski definition) is 2. The Morgan fingerprint density at radius 2 is 2.29 bits per heavy atom. The lowest BCUT2D eigenvalue weighted by Gasteiger charge is -2.13. The SMILES string of the molecule is CC(C)C(O)Cn1cc(CNCC2CC2)nn1. The van der Waals surface area contributed by atoms with E-state index in [0.29, 0.717) is 6.54 Å². The van der Waals surface area contributed by atoms with Crippen molar-refractivity contribution in [2.24, 2.45) is 11.8 Å². The summed E-state index contributed by atoms with van der Waals surface area (Å²) < 4.78 is 1.72. The number of aliphatic hydroxyl groups is 1. The predicted octanol–water partition coefficient (Wildman–Crippen LogP) is 0.795. The van der Waals surface area contributed by atoms with Crippen LogP contribution in [0.1, 0.15) is 32.4 Å². The van der Waals surface area contributed by atoms with Crippen molar-refractivity contribution in [1.29, 1.82) is 0 Å². The molecule has 1 atom stereocenters. The van der Waals surface area contributed by atoms with Crippen molar-refractivity contribution in [2.75, 3.05) is 6.54 Å². The second-order valence-electron chi connectivity index (χ2n) is 5.32. The van der Waals surface area contributed by atoms with Gasteiger partial charge in [-0.25, -0.2) is 4.68 Å². The van der Waals surface area contributed by atoms with Gasteiger partial charge in [0.15, 0.2) is 0 Å². The van der Waals surface area contributed by atoms with Crippen LogP contribution in [-0.4, -0.2) is 32.7 Å². The molecule has 96 valence electrons. The van der Waals surface area contributed by atoms with Crippen LogP contribution in [0.25, 0.3) is 0 Å². The normalized spacial score (nSPS) is 17.6. The Labute approximate surface area is 102 Å². The Kier molecular flexibility index (Phi) is 4.12. The molecule has 1 unspecified atom stereocenters. The highest BCUT2D eigenvalue weighted by molar-refractivity contribution is 4.92. The van der Waals surface area contributed by atoms with Crippen molar-refractivity contribution in [3.63, 3.8) is 0 Å². The van der Waals surface area contributed by atoms with Gasteiger partial charge in [0.05, 0.1) is 18.3 Å². The molecule has 1 aliphatic carbocycles. The van der Waals surface area contributed by atoms with Crippen molar-refractivity contribution in [1.82, 2.24) is 20.3 Å². The fourth-order valence-corrected chi connectivity index (χ4v) is 1.64. The lowest BCUT2D eigenvalue weighted by molar-refractivity contribution is 0.102. The number of rotatable bonds is 7. The predicted molar refractivity (Wildman–Crippen MR) is 65.3 cm³/mol. The molecule has 0 aromatic carbocycles. The largest absolute Gasteiger partial charge is 0.391 e. The molecule has 5 nitrogen and oxygen atoms in total. The van der Waals surface area contributed by atoms with Gasteiger partial charge in [-0.3, -0.25) is 0 Å². The first kappa shape index (κ1) is 12.5. The zero-order valence-corrected chi connectivity index (χ0v) is 10.6. The molecule has 0 amide bonds. The van der Waals surface area contributed by atoms with Crippen molar-refractivity contribution in [2.45, 2.75) is 45.9 Å². The summed E-state index contributed by atoms with van der Waals surface area (Å²) in [5.41, 5.74) is 0.946. The molecular weight excluding hydrogens is 216 g/mol. The summed E-state index contributed by atoms with van der Waals surface area (Å²) in [4.78, 5) is 0. The van der Waals surface area contributed by atoms with Crippen LogP contribution < -0.4 is 5.32 Å². The third kappa shape index (κ3) is 4.09. The summed E-state index contributed by atoms with van der Waals surface area (Å²) >= 11 is 0. The van der Waals surface area contributed by atoms with Gasteiger partial charge in [0.2, 0.25) is 0 Å². The van der Waals surface area contributed by atoms with Gasteiger partial charge in [-0.1, -0.05) is 19.1 Å². The van der Waals surface area contributed by atoms with E-state index in [4.69, 9.17) is 0 Å². The second-order valence-corrected chi connectivity index (χ2v) is 5.32. The average molecular weight is 238 g/mol. The zero-order chi connectivity index (χ0) is 12.3. The minimum atomic E-state index is -0.357. The Hall–Kier alpha value is -0.940. The molecule has 1 aromatic heterocycles. The van der Waals surface area contributed by atoms with Crippen LogP contribution in [0.4, 0.5) is 0 Å². The van der Waals surface area contributed by atoms with E-state index in [1.807, 2.05) is 20.0 Å². The van der Waals surface area contributed by atoms with Gasteiger partial charge in [-0.05, 0) is 31.2 Å². The Balaban J connectivity index is 1.74. The molecular formula is C12H22N4O. The van der Waals surface area contributed by atoms with Crippen molar-refractivity contribution in [3.05, 3.63) is 11.9 Å². The molecule has 2 rings (SSSR count). The Morgan fingerprint density at radius 1 is 1.53 bits per heavy atom. The van der Waals surface area contributed by atoms with E-state index in [2.05, 4.69) is 15.6 Å². The maximum Gasteiger partial charge on any atom is 0.0964 e. The summed E-state index contributed by atoms with van der Waals surface area (Å²) in [5.74, 6) is 1.13. The minimum absolute atomic E-state index is 0.246. The third-order valence-corrected chi connectivity index (χ3v) is 3.17. The fourth-order valence-electron chi connectivity index (χ4n) is 1.64. The molecule has 5 heteroatoms. The molecule has 1 heterocycles. The molecule has 1 aliphatic rings. The van der Waals surface area contributed by atoms with Gasteiger partial charge >= 0.3 is 0 Å². The van der Waals surface area contributed by atoms with Gasteiger partial charge in [-0.15, -0.1) is 5.10 Å². The fraction of sp³-hybridized carbons (Fsp3) is 0.833. The molecule has 0 saturated heterocycles. The highest BCUT2D eigenvalue weighted by Crippen LogP contribution is 2.27. The molecule has 0 spiro atoms. The highest BCUT2D eigenvalue weighted by atomic mass is 16.3. The highest BCUT2D eigenvalue weighted by Gasteiger charge is 2.20. The second kappa shape index (κ2) is 5.60. The van der Waals surface area contributed by atoms with E-state index < -0.39 is 0 Å². The van der Waals surface area contributed by atoms with Crippen LogP contribution in [0.2, 0.25) is 0 Å². The van der Waals surface area contributed by atoms with Gasteiger partial charge in [0.25, 0.3) is 0 Å². The minimum Gasteiger partial charge on any atom is -0.391 e. The van der Waals surface area contributed by atoms with Crippen LogP contribution in [0.15, 0.2) is 6.20 Å². The standard InChI is InChI=1S/C12H22N4O/c1-9(2)12(17)8-16-7-11(14-15-16)6-13-5-10-3-4-10/h7,9-10,12-13,17H,3-6,8H2,1-2H3. The monoisotopic (exact) mass is 238 g/mol. The van der Waals surface area contributed by atoms with E-state index in [1.165, 1.54) is 12.8 Å². The third-order valence-electron chi connectivity index (χ3n) is 3.17. The number of hydrogen-bond acceptors (Lipinski definition) is 4. The molecule has 1 aromatic rings. The molecule has 1 fully saturated rings. The summed E-state index contributed by atoms with van der Waals surface area (Å²) in [7, 11) is 0. The van der Waals surface area contributed by atoms with E-state index in [1.54, 1.807) is 4.68 Å². The summed E-state index contributed by atoms with van der Waals surface area (Å²) in [5, 5.41) is 21.2. The van der Waals surface area contributed by atoms with Gasteiger partial charge in [0.1, 0.15) is 0 Å². The number of aliphatic hydroxyl groups excluding tert-OH is 1. The topological polar surface area (TPSA) is 63.0 Å². The van der Waals surface area contributed by atoms with E-state index in [-0.39, 0.29) is 12.0 Å². The quantitative estimate of drug-likeness (QED) is 0.737. The number of aromatic nitrogens is 3. The number of nitrogens with one attached hydrogen (secondary N) is 1. The maximum absolute atomic E-state index is 9.74. The summed E-state index contributed by atoms with van der Waals surface area (Å²) in [6.07, 6.45) is 4.27. The number of nitrogens with zero attached hydrogens (tertiary/aromatic N) is 3. The van der Waals surface area contributed by atoms with E-state index >= 15 is 0 Å². The van der Waals surface area contributed by atoms with Crippen molar-refractivity contribution < 1.29 is 5.11 Å². The molecule has 1 saturated carbocycles. The van der Waals surface area contributed by atoms with Gasteiger partial charge in [-0.2, -0.15) is 0 Å². The molecule has 0 bridgehead atoms. The van der Waals surface area contributed by atoms with Crippen LogP contribution in [-0.2, 0) is 13.1 Å². The van der Waals surface area contributed by atoms with Crippen molar-refractivity contribution >= 4 is 0 Å². The summed E-state index contributed by atoms with van der Waals surface area (Å²) in [6, 6.07) is 0. The molecule has 0 radical (unpaired) electrons. The van der Waals surface area contributed by atoms with Crippen molar-refractivity contribution in [3.8, 4) is 0 Å². The Bertz CT molecular complexity index is 346. The lowest BCUT2D eigenvalue weighted by atomic mass is 10.1. The Morgan fingerprint density at radius 3 is 2.94 bits per heavy atom. The lowest BCUT2D eigenvalue weighted by Crippen LogP contribution is -2.22. The molecule has 17 heavy (non-hydrogen) atoms. The maximum atomic E-state index is 9.74. The molecule has 0 aliphatic heterocycles.